The number of hydrazone groups is 1. The van der Waals surface area contributed by atoms with Gasteiger partial charge in [0, 0.05) is 18.5 Å². The molecule has 1 aliphatic rings. The second-order valence-electron chi connectivity index (χ2n) is 8.97. The molecule has 9 heteroatoms. The maximum atomic E-state index is 12.6. The monoisotopic (exact) mass is 505 g/mol. The molecule has 1 heterocycles. The third-order valence-corrected chi connectivity index (χ3v) is 7.07. The molecule has 0 unspecified atom stereocenters. The van der Waals surface area contributed by atoms with Gasteiger partial charge in [0.1, 0.15) is 5.75 Å². The lowest BCUT2D eigenvalue weighted by molar-refractivity contribution is -0.131. The van der Waals surface area contributed by atoms with E-state index in [1.54, 1.807) is 24.3 Å². The smallest absolute Gasteiger partial charge is 0.308 e. The molecule has 188 valence electrons. The SMILES string of the molecule is CC(=O)Oc1ccc(C(C)=NNC(=O)CSc2nnc(-c3ccc(C)cc3)n2C2CCCCC2)cc1. The quantitative estimate of drug-likeness (QED) is 0.146. The van der Waals surface area contributed by atoms with Crippen LogP contribution < -0.4 is 10.2 Å². The Hall–Kier alpha value is -3.46. The number of hydrogen-bond acceptors (Lipinski definition) is 7. The molecule has 0 bridgehead atoms. The fourth-order valence-electron chi connectivity index (χ4n) is 4.25. The van der Waals surface area contributed by atoms with Gasteiger partial charge in [0.15, 0.2) is 11.0 Å². The average molecular weight is 506 g/mol. The Morgan fingerprint density at radius 1 is 1.03 bits per heavy atom. The molecule has 0 spiro atoms. The number of esters is 1. The van der Waals surface area contributed by atoms with Crippen LogP contribution >= 0.6 is 11.8 Å². The molecule has 1 aromatic heterocycles. The van der Waals surface area contributed by atoms with E-state index in [9.17, 15) is 9.59 Å². The Morgan fingerprint density at radius 3 is 2.39 bits per heavy atom. The zero-order chi connectivity index (χ0) is 25.5. The molecular weight excluding hydrogens is 474 g/mol. The highest BCUT2D eigenvalue weighted by Gasteiger charge is 2.24. The van der Waals surface area contributed by atoms with E-state index < -0.39 is 0 Å². The van der Waals surface area contributed by atoms with Gasteiger partial charge >= 0.3 is 5.97 Å². The number of thioether (sulfide) groups is 1. The molecule has 2 aromatic carbocycles. The van der Waals surface area contributed by atoms with E-state index in [1.807, 2.05) is 6.92 Å². The van der Waals surface area contributed by atoms with Crippen molar-refractivity contribution < 1.29 is 14.3 Å². The van der Waals surface area contributed by atoms with Crippen LogP contribution in [0.2, 0.25) is 0 Å². The van der Waals surface area contributed by atoms with Crippen LogP contribution in [0.15, 0.2) is 58.8 Å². The van der Waals surface area contributed by atoms with Crippen molar-refractivity contribution in [3.8, 4) is 17.1 Å². The number of benzene rings is 2. The van der Waals surface area contributed by atoms with Crippen LogP contribution in [-0.4, -0.2) is 38.1 Å². The first-order valence-electron chi connectivity index (χ1n) is 12.2. The van der Waals surface area contributed by atoms with Gasteiger partial charge in [-0.3, -0.25) is 14.2 Å². The lowest BCUT2D eigenvalue weighted by Gasteiger charge is -2.25. The van der Waals surface area contributed by atoms with Gasteiger partial charge in [-0.2, -0.15) is 5.10 Å². The third kappa shape index (κ3) is 6.60. The van der Waals surface area contributed by atoms with Crippen molar-refractivity contribution >= 4 is 29.4 Å². The van der Waals surface area contributed by atoms with E-state index in [-0.39, 0.29) is 17.6 Å². The molecule has 1 aliphatic carbocycles. The summed E-state index contributed by atoms with van der Waals surface area (Å²) >= 11 is 1.38. The van der Waals surface area contributed by atoms with Crippen molar-refractivity contribution in [3.05, 3.63) is 59.7 Å². The van der Waals surface area contributed by atoms with Crippen LogP contribution in [-0.2, 0) is 9.59 Å². The number of carbonyl (C=O) groups is 2. The van der Waals surface area contributed by atoms with Crippen molar-refractivity contribution in [2.75, 3.05) is 5.75 Å². The van der Waals surface area contributed by atoms with Gasteiger partial charge in [-0.05, 0) is 56.5 Å². The summed E-state index contributed by atoms with van der Waals surface area (Å²) in [7, 11) is 0. The third-order valence-electron chi connectivity index (χ3n) is 6.13. The second kappa shape index (κ2) is 12.0. The van der Waals surface area contributed by atoms with Crippen LogP contribution in [0.3, 0.4) is 0 Å². The van der Waals surface area contributed by atoms with Crippen molar-refractivity contribution in [1.82, 2.24) is 20.2 Å². The molecule has 1 N–H and O–H groups in total. The fraction of sp³-hybridized carbons (Fsp3) is 0.370. The van der Waals surface area contributed by atoms with Crippen LogP contribution in [0.5, 0.6) is 5.75 Å². The number of ether oxygens (including phenoxy) is 1. The van der Waals surface area contributed by atoms with Gasteiger partial charge in [0.2, 0.25) is 0 Å². The highest BCUT2D eigenvalue weighted by Crippen LogP contribution is 2.35. The number of carbonyl (C=O) groups excluding carboxylic acids is 2. The Labute approximate surface area is 215 Å². The summed E-state index contributed by atoms with van der Waals surface area (Å²) in [5.41, 5.74) is 6.33. The summed E-state index contributed by atoms with van der Waals surface area (Å²) in [4.78, 5) is 23.6. The summed E-state index contributed by atoms with van der Waals surface area (Å²) in [6.07, 6.45) is 5.83. The van der Waals surface area contributed by atoms with Gasteiger partial charge < -0.3 is 4.74 Å². The molecule has 0 radical (unpaired) electrons. The Kier molecular flexibility index (Phi) is 8.53. The minimum absolute atomic E-state index is 0.181. The van der Waals surface area contributed by atoms with E-state index in [1.165, 1.54) is 43.5 Å². The molecule has 3 aromatic rings. The largest absolute Gasteiger partial charge is 0.427 e. The number of amides is 1. The van der Waals surface area contributed by atoms with E-state index in [4.69, 9.17) is 4.74 Å². The molecule has 0 atom stereocenters. The van der Waals surface area contributed by atoms with Crippen molar-refractivity contribution in [2.24, 2.45) is 5.10 Å². The standard InChI is InChI=1S/C27H31N5O3S/c1-18-9-11-22(12-10-18)26-30-31-27(32(26)23-7-5-4-6-8-23)36-17-25(34)29-28-19(2)21-13-15-24(16-14-21)35-20(3)33/h9-16,23H,4-8,17H2,1-3H3,(H,29,34). The number of aryl methyl sites for hydroxylation is 1. The van der Waals surface area contributed by atoms with Crippen molar-refractivity contribution in [3.63, 3.8) is 0 Å². The van der Waals surface area contributed by atoms with E-state index >= 15 is 0 Å². The molecule has 0 aliphatic heterocycles. The summed E-state index contributed by atoms with van der Waals surface area (Å²) in [5.74, 6) is 0.914. The maximum Gasteiger partial charge on any atom is 0.308 e. The number of nitrogens with zero attached hydrogens (tertiary/aromatic N) is 4. The normalized spacial score (nSPS) is 14.5. The van der Waals surface area contributed by atoms with Gasteiger partial charge in [-0.1, -0.05) is 60.9 Å². The van der Waals surface area contributed by atoms with Crippen LogP contribution in [0, 0.1) is 6.92 Å². The van der Waals surface area contributed by atoms with Gasteiger partial charge in [0.25, 0.3) is 5.91 Å². The molecular formula is C27H31N5O3S. The first-order chi connectivity index (χ1) is 17.4. The first-order valence-corrected chi connectivity index (χ1v) is 13.2. The van der Waals surface area contributed by atoms with Gasteiger partial charge in [-0.15, -0.1) is 10.2 Å². The first kappa shape index (κ1) is 25.6. The Morgan fingerprint density at radius 2 is 1.72 bits per heavy atom. The highest BCUT2D eigenvalue weighted by molar-refractivity contribution is 7.99. The molecule has 1 fully saturated rings. The molecule has 4 rings (SSSR count). The predicted octanol–water partition coefficient (Wildman–Crippen LogP) is 5.32. The number of rotatable bonds is 8. The molecule has 1 saturated carbocycles. The van der Waals surface area contributed by atoms with E-state index in [0.29, 0.717) is 17.5 Å². The van der Waals surface area contributed by atoms with Gasteiger partial charge in [-0.25, -0.2) is 5.43 Å². The summed E-state index contributed by atoms with van der Waals surface area (Å²) in [6.45, 7) is 5.23. The zero-order valence-corrected chi connectivity index (χ0v) is 21.7. The summed E-state index contributed by atoms with van der Waals surface area (Å²) < 4.78 is 7.27. The summed E-state index contributed by atoms with van der Waals surface area (Å²) in [6, 6.07) is 15.6. The molecule has 0 saturated heterocycles. The predicted molar refractivity (Wildman–Crippen MR) is 141 cm³/mol. The minimum atomic E-state index is -0.372. The Balaban J connectivity index is 1.42. The highest BCUT2D eigenvalue weighted by atomic mass is 32.2. The number of hydrogen-bond donors (Lipinski definition) is 1. The summed E-state index contributed by atoms with van der Waals surface area (Å²) in [5, 5.41) is 13.9. The van der Waals surface area contributed by atoms with Crippen LogP contribution in [0.4, 0.5) is 0 Å². The van der Waals surface area contributed by atoms with Crippen LogP contribution in [0.1, 0.15) is 63.1 Å². The number of nitrogens with one attached hydrogen (secondary N) is 1. The Bertz CT molecular complexity index is 1230. The molecule has 8 nitrogen and oxygen atoms in total. The maximum absolute atomic E-state index is 12.6. The van der Waals surface area contributed by atoms with Crippen molar-refractivity contribution in [2.45, 2.75) is 64.1 Å². The zero-order valence-electron chi connectivity index (χ0n) is 20.9. The number of aromatic nitrogens is 3. The van der Waals surface area contributed by atoms with Crippen LogP contribution in [0.25, 0.3) is 11.4 Å². The average Bonchev–Trinajstić information content (AvgIpc) is 3.31. The van der Waals surface area contributed by atoms with Crippen molar-refractivity contribution in [1.29, 1.82) is 0 Å². The minimum Gasteiger partial charge on any atom is -0.427 e. The molecule has 1 amide bonds. The van der Waals surface area contributed by atoms with Gasteiger partial charge in [0.05, 0.1) is 11.5 Å². The van der Waals surface area contributed by atoms with E-state index in [2.05, 4.69) is 56.5 Å². The lowest BCUT2D eigenvalue weighted by atomic mass is 9.95. The molecule has 36 heavy (non-hydrogen) atoms. The fourth-order valence-corrected chi connectivity index (χ4v) is 5.04. The second-order valence-corrected chi connectivity index (χ2v) is 9.92. The lowest BCUT2D eigenvalue weighted by Crippen LogP contribution is -2.22. The topological polar surface area (TPSA) is 98.5 Å². The van der Waals surface area contributed by atoms with E-state index in [0.717, 1.165) is 34.9 Å².